The van der Waals surface area contributed by atoms with Crippen molar-refractivity contribution in [1.29, 1.82) is 0 Å². The summed E-state index contributed by atoms with van der Waals surface area (Å²) in [7, 11) is 0. The van der Waals surface area contributed by atoms with E-state index >= 15 is 0 Å². The van der Waals surface area contributed by atoms with Crippen LogP contribution in [0.3, 0.4) is 0 Å². The van der Waals surface area contributed by atoms with Crippen molar-refractivity contribution in [3.63, 3.8) is 0 Å². The third kappa shape index (κ3) is 4.09. The number of benzene rings is 1. The van der Waals surface area contributed by atoms with Crippen molar-refractivity contribution < 1.29 is 4.79 Å². The molecule has 0 unspecified atom stereocenters. The third-order valence-electron chi connectivity index (χ3n) is 3.07. The number of hydrogen-bond acceptors (Lipinski definition) is 3. The number of amides is 1. The van der Waals surface area contributed by atoms with E-state index in [1.54, 1.807) is 12.4 Å². The van der Waals surface area contributed by atoms with E-state index in [2.05, 4.69) is 21.7 Å². The molecule has 0 aliphatic heterocycles. The number of pyridine rings is 1. The number of nitrogens with zero attached hydrogens (tertiary/aromatic N) is 1. The Morgan fingerprint density at radius 1 is 1.15 bits per heavy atom. The smallest absolute Gasteiger partial charge is 0.239 e. The standard InChI is InChI=1S/C16H19N3O/c1-12-3-4-13(2)15(9-12)18-11-16(20)19-10-14-5-7-17-8-6-14/h3-9,18H,10-11H2,1-2H3,(H,19,20). The van der Waals surface area contributed by atoms with Crippen LogP contribution in [0.2, 0.25) is 0 Å². The summed E-state index contributed by atoms with van der Waals surface area (Å²) < 4.78 is 0. The van der Waals surface area contributed by atoms with E-state index in [4.69, 9.17) is 0 Å². The van der Waals surface area contributed by atoms with Crippen molar-refractivity contribution in [1.82, 2.24) is 10.3 Å². The highest BCUT2D eigenvalue weighted by Crippen LogP contribution is 2.15. The minimum absolute atomic E-state index is 0.0253. The number of anilines is 1. The van der Waals surface area contributed by atoms with Crippen LogP contribution in [0, 0.1) is 13.8 Å². The average molecular weight is 269 g/mol. The molecule has 104 valence electrons. The van der Waals surface area contributed by atoms with Gasteiger partial charge in [0.2, 0.25) is 5.91 Å². The predicted molar refractivity (Wildman–Crippen MR) is 80.5 cm³/mol. The fraction of sp³-hybridized carbons (Fsp3) is 0.250. The first-order valence-electron chi connectivity index (χ1n) is 6.62. The van der Waals surface area contributed by atoms with Crippen LogP contribution in [-0.4, -0.2) is 17.4 Å². The van der Waals surface area contributed by atoms with Gasteiger partial charge in [-0.15, -0.1) is 0 Å². The molecule has 0 bridgehead atoms. The summed E-state index contributed by atoms with van der Waals surface area (Å²) >= 11 is 0. The molecule has 2 rings (SSSR count). The Balaban J connectivity index is 1.82. The minimum Gasteiger partial charge on any atom is -0.376 e. The van der Waals surface area contributed by atoms with Crippen molar-refractivity contribution in [3.05, 3.63) is 59.4 Å². The van der Waals surface area contributed by atoms with Crippen molar-refractivity contribution >= 4 is 11.6 Å². The van der Waals surface area contributed by atoms with Crippen LogP contribution in [0.15, 0.2) is 42.7 Å². The molecule has 0 saturated heterocycles. The van der Waals surface area contributed by atoms with Gasteiger partial charge in [0, 0.05) is 24.6 Å². The molecule has 1 amide bonds. The summed E-state index contributed by atoms with van der Waals surface area (Å²) in [6.07, 6.45) is 3.44. The molecular formula is C16H19N3O. The number of rotatable bonds is 5. The minimum atomic E-state index is -0.0253. The van der Waals surface area contributed by atoms with Gasteiger partial charge in [-0.05, 0) is 48.7 Å². The first kappa shape index (κ1) is 14.1. The first-order chi connectivity index (χ1) is 9.65. The molecule has 1 aromatic carbocycles. The van der Waals surface area contributed by atoms with E-state index in [0.29, 0.717) is 6.54 Å². The average Bonchev–Trinajstić information content (AvgIpc) is 2.47. The van der Waals surface area contributed by atoms with Crippen molar-refractivity contribution in [3.8, 4) is 0 Å². The lowest BCUT2D eigenvalue weighted by molar-refractivity contribution is -0.119. The van der Waals surface area contributed by atoms with Crippen LogP contribution in [-0.2, 0) is 11.3 Å². The largest absolute Gasteiger partial charge is 0.376 e. The van der Waals surface area contributed by atoms with Gasteiger partial charge >= 0.3 is 0 Å². The SMILES string of the molecule is Cc1ccc(C)c(NCC(=O)NCc2ccncc2)c1. The van der Waals surface area contributed by atoms with Gasteiger partial charge in [0.05, 0.1) is 6.54 Å². The Bertz CT molecular complexity index is 582. The zero-order chi connectivity index (χ0) is 14.4. The molecule has 0 saturated carbocycles. The molecule has 0 spiro atoms. The van der Waals surface area contributed by atoms with E-state index in [9.17, 15) is 4.79 Å². The van der Waals surface area contributed by atoms with Gasteiger partial charge in [0.1, 0.15) is 0 Å². The van der Waals surface area contributed by atoms with Gasteiger partial charge < -0.3 is 10.6 Å². The number of hydrogen-bond donors (Lipinski definition) is 2. The fourth-order valence-electron chi connectivity index (χ4n) is 1.87. The lowest BCUT2D eigenvalue weighted by Gasteiger charge is -2.10. The van der Waals surface area contributed by atoms with Crippen LogP contribution >= 0.6 is 0 Å². The maximum Gasteiger partial charge on any atom is 0.239 e. The maximum absolute atomic E-state index is 11.8. The summed E-state index contributed by atoms with van der Waals surface area (Å²) in [5, 5.41) is 6.04. The van der Waals surface area contributed by atoms with Crippen molar-refractivity contribution in [2.45, 2.75) is 20.4 Å². The van der Waals surface area contributed by atoms with E-state index in [1.165, 1.54) is 5.56 Å². The summed E-state index contributed by atoms with van der Waals surface area (Å²) in [6, 6.07) is 9.93. The quantitative estimate of drug-likeness (QED) is 0.876. The highest BCUT2D eigenvalue weighted by atomic mass is 16.1. The van der Waals surface area contributed by atoms with Gasteiger partial charge in [0.25, 0.3) is 0 Å². The van der Waals surface area contributed by atoms with Crippen LogP contribution in [0.1, 0.15) is 16.7 Å². The lowest BCUT2D eigenvalue weighted by atomic mass is 10.1. The molecule has 4 nitrogen and oxygen atoms in total. The van der Waals surface area contributed by atoms with Crippen LogP contribution in [0.25, 0.3) is 0 Å². The number of nitrogens with one attached hydrogen (secondary N) is 2. The highest BCUT2D eigenvalue weighted by molar-refractivity contribution is 5.80. The number of carbonyl (C=O) groups is 1. The second-order valence-electron chi connectivity index (χ2n) is 4.80. The Morgan fingerprint density at radius 3 is 2.65 bits per heavy atom. The molecule has 2 N–H and O–H groups in total. The lowest BCUT2D eigenvalue weighted by Crippen LogP contribution is -2.29. The van der Waals surface area contributed by atoms with Crippen LogP contribution < -0.4 is 10.6 Å². The molecule has 0 aliphatic carbocycles. The molecule has 0 atom stereocenters. The van der Waals surface area contributed by atoms with Crippen molar-refractivity contribution in [2.24, 2.45) is 0 Å². The molecule has 0 aliphatic rings. The zero-order valence-corrected chi connectivity index (χ0v) is 11.8. The number of aromatic nitrogens is 1. The summed E-state index contributed by atoms with van der Waals surface area (Å²) in [5.41, 5.74) is 4.36. The molecule has 4 heteroatoms. The third-order valence-corrected chi connectivity index (χ3v) is 3.07. The van der Waals surface area contributed by atoms with Gasteiger partial charge in [-0.3, -0.25) is 9.78 Å². The Kier molecular flexibility index (Phi) is 4.71. The molecule has 2 aromatic rings. The summed E-state index contributed by atoms with van der Waals surface area (Å²) in [5.74, 6) is -0.0253. The van der Waals surface area contributed by atoms with E-state index in [0.717, 1.165) is 16.8 Å². The van der Waals surface area contributed by atoms with Gasteiger partial charge in [0.15, 0.2) is 0 Å². The second-order valence-corrected chi connectivity index (χ2v) is 4.80. The molecule has 1 aromatic heterocycles. The molecule has 0 radical (unpaired) electrons. The van der Waals surface area contributed by atoms with Gasteiger partial charge in [-0.25, -0.2) is 0 Å². The van der Waals surface area contributed by atoms with E-state index in [1.807, 2.05) is 38.1 Å². The van der Waals surface area contributed by atoms with Crippen LogP contribution in [0.4, 0.5) is 5.69 Å². The molecule has 0 fully saturated rings. The Hall–Kier alpha value is -2.36. The normalized spacial score (nSPS) is 10.1. The van der Waals surface area contributed by atoms with E-state index in [-0.39, 0.29) is 12.5 Å². The topological polar surface area (TPSA) is 54.0 Å². The van der Waals surface area contributed by atoms with Crippen LogP contribution in [0.5, 0.6) is 0 Å². The predicted octanol–water partition coefficient (Wildman–Crippen LogP) is 2.43. The molecule has 1 heterocycles. The maximum atomic E-state index is 11.8. The summed E-state index contributed by atoms with van der Waals surface area (Å²) in [4.78, 5) is 15.7. The fourth-order valence-corrected chi connectivity index (χ4v) is 1.87. The van der Waals surface area contributed by atoms with Gasteiger partial charge in [-0.1, -0.05) is 12.1 Å². The molecule has 20 heavy (non-hydrogen) atoms. The molecular weight excluding hydrogens is 250 g/mol. The first-order valence-corrected chi connectivity index (χ1v) is 6.62. The number of carbonyl (C=O) groups excluding carboxylic acids is 1. The zero-order valence-electron chi connectivity index (χ0n) is 11.8. The second kappa shape index (κ2) is 6.70. The van der Waals surface area contributed by atoms with Gasteiger partial charge in [-0.2, -0.15) is 0 Å². The Morgan fingerprint density at radius 2 is 1.90 bits per heavy atom. The van der Waals surface area contributed by atoms with E-state index < -0.39 is 0 Å². The summed E-state index contributed by atoms with van der Waals surface area (Å²) in [6.45, 7) is 4.86. The Labute approximate surface area is 119 Å². The number of aryl methyl sites for hydroxylation is 2. The monoisotopic (exact) mass is 269 g/mol. The highest BCUT2D eigenvalue weighted by Gasteiger charge is 2.03. The van der Waals surface area contributed by atoms with Crippen molar-refractivity contribution in [2.75, 3.05) is 11.9 Å².